The molecule has 1 amide bonds. The Balaban J connectivity index is 1.73. The summed E-state index contributed by atoms with van der Waals surface area (Å²) in [6.07, 6.45) is 4.54. The summed E-state index contributed by atoms with van der Waals surface area (Å²) >= 11 is 0. The van der Waals surface area contributed by atoms with Gasteiger partial charge in [0.1, 0.15) is 4.90 Å². The number of carbonyl (C=O) groups excluding carboxylic acids is 1. The minimum absolute atomic E-state index is 0.0272. The Labute approximate surface area is 130 Å². The maximum Gasteiger partial charge on any atom is 0.328 e. The Hall–Kier alpha value is -1.89. The van der Waals surface area contributed by atoms with Gasteiger partial charge in [-0.25, -0.2) is 0 Å². The molecule has 0 unspecified atom stereocenters. The van der Waals surface area contributed by atoms with Crippen LogP contribution >= 0.6 is 0 Å². The van der Waals surface area contributed by atoms with Crippen LogP contribution < -0.4 is 15.0 Å². The fourth-order valence-corrected chi connectivity index (χ4v) is 3.71. The van der Waals surface area contributed by atoms with Crippen LogP contribution in [0.2, 0.25) is 0 Å². The fraction of sp³-hybridized carbons (Fsp3) is 0.467. The zero-order chi connectivity index (χ0) is 15.6. The Morgan fingerprint density at radius 3 is 2.68 bits per heavy atom. The predicted molar refractivity (Wildman–Crippen MR) is 82.8 cm³/mol. The molecule has 0 saturated heterocycles. The summed E-state index contributed by atoms with van der Waals surface area (Å²) in [5, 5.41) is 2.80. The third-order valence-electron chi connectivity index (χ3n) is 4.09. The molecule has 0 atom stereocenters. The van der Waals surface area contributed by atoms with Crippen molar-refractivity contribution in [2.45, 2.75) is 37.0 Å². The maximum atomic E-state index is 12.3. The van der Waals surface area contributed by atoms with E-state index in [0.717, 1.165) is 32.2 Å². The standard InChI is InChI=1S/C15H19N3O3S/c19-15(11-4-1-5-11)17-12-6-2-7-13(10-12)22(20,21)18-14-8-3-9-16-14/h2,6-7,10-11H,1,3-5,8-9H2,(H,16,18)(H,17,19)/p+1. The first-order valence-electron chi connectivity index (χ1n) is 7.58. The van der Waals surface area contributed by atoms with E-state index in [1.54, 1.807) is 12.1 Å². The fourth-order valence-electron chi connectivity index (χ4n) is 2.56. The molecule has 7 heteroatoms. The second kappa shape index (κ2) is 6.08. The lowest BCUT2D eigenvalue weighted by atomic mass is 9.85. The van der Waals surface area contributed by atoms with Crippen molar-refractivity contribution < 1.29 is 18.2 Å². The first-order chi connectivity index (χ1) is 10.5. The summed E-state index contributed by atoms with van der Waals surface area (Å²) in [5.41, 5.74) is 0.518. The van der Waals surface area contributed by atoms with Gasteiger partial charge in [0, 0.05) is 11.6 Å². The molecule has 118 valence electrons. The number of amides is 1. The molecule has 1 aliphatic heterocycles. The molecular weight excluding hydrogens is 302 g/mol. The van der Waals surface area contributed by atoms with E-state index in [9.17, 15) is 13.2 Å². The molecule has 1 aromatic carbocycles. The van der Waals surface area contributed by atoms with Crippen LogP contribution in [0.4, 0.5) is 5.69 Å². The van der Waals surface area contributed by atoms with E-state index in [0.29, 0.717) is 17.9 Å². The normalized spacial score (nSPS) is 18.5. The highest BCUT2D eigenvalue weighted by atomic mass is 32.2. The molecule has 22 heavy (non-hydrogen) atoms. The smallest absolute Gasteiger partial charge is 0.326 e. The second-order valence-electron chi connectivity index (χ2n) is 5.76. The average Bonchev–Trinajstić information content (AvgIpc) is 2.89. The van der Waals surface area contributed by atoms with Gasteiger partial charge < -0.3 is 5.32 Å². The van der Waals surface area contributed by atoms with Crippen molar-refractivity contribution in [3.63, 3.8) is 0 Å². The number of rotatable bonds is 4. The van der Waals surface area contributed by atoms with Crippen molar-refractivity contribution in [3.05, 3.63) is 24.3 Å². The van der Waals surface area contributed by atoms with Gasteiger partial charge in [-0.2, -0.15) is 13.1 Å². The van der Waals surface area contributed by atoms with Crippen molar-refractivity contribution in [2.24, 2.45) is 5.92 Å². The van der Waals surface area contributed by atoms with Crippen molar-refractivity contribution in [1.29, 1.82) is 0 Å². The van der Waals surface area contributed by atoms with E-state index in [1.165, 1.54) is 12.1 Å². The van der Waals surface area contributed by atoms with Gasteiger partial charge in [-0.15, -0.1) is 0 Å². The van der Waals surface area contributed by atoms with Crippen molar-refractivity contribution >= 4 is 27.5 Å². The summed E-state index contributed by atoms with van der Waals surface area (Å²) in [6, 6.07) is 6.36. The van der Waals surface area contributed by atoms with E-state index < -0.39 is 10.0 Å². The summed E-state index contributed by atoms with van der Waals surface area (Å²) in [6.45, 7) is 0.787. The third kappa shape index (κ3) is 3.30. The minimum atomic E-state index is -3.61. The molecule has 1 aromatic rings. The number of amidine groups is 1. The van der Waals surface area contributed by atoms with Gasteiger partial charge in [-0.1, -0.05) is 12.5 Å². The lowest BCUT2D eigenvalue weighted by Crippen LogP contribution is -2.72. The second-order valence-corrected chi connectivity index (χ2v) is 7.44. The molecule has 0 bridgehead atoms. The highest BCUT2D eigenvalue weighted by molar-refractivity contribution is 7.90. The van der Waals surface area contributed by atoms with E-state index in [1.807, 2.05) is 0 Å². The number of hydrogen-bond donors (Lipinski definition) is 3. The molecule has 1 aliphatic carbocycles. The number of hydrogen-bond acceptors (Lipinski definition) is 3. The molecule has 0 spiro atoms. The summed E-state index contributed by atoms with van der Waals surface area (Å²) < 4.78 is 27.2. The summed E-state index contributed by atoms with van der Waals surface area (Å²) in [5.74, 6) is 0.668. The Bertz CT molecular complexity index is 708. The SMILES string of the molecule is O=C(Nc1cccc(S(=O)(=O)NC2=[NH+]CCC2)c1)C1CCC1. The van der Waals surface area contributed by atoms with Gasteiger partial charge >= 0.3 is 10.0 Å². The van der Waals surface area contributed by atoms with Crippen LogP contribution in [-0.4, -0.2) is 26.7 Å². The van der Waals surface area contributed by atoms with Crippen LogP contribution in [0.5, 0.6) is 0 Å². The molecule has 2 aliphatic rings. The zero-order valence-electron chi connectivity index (χ0n) is 12.3. The Kier molecular flexibility index (Phi) is 4.15. The minimum Gasteiger partial charge on any atom is -0.326 e. The van der Waals surface area contributed by atoms with Gasteiger partial charge in [0.25, 0.3) is 5.84 Å². The Morgan fingerprint density at radius 1 is 1.23 bits per heavy atom. The van der Waals surface area contributed by atoms with E-state index in [4.69, 9.17) is 0 Å². The van der Waals surface area contributed by atoms with Crippen LogP contribution in [0.25, 0.3) is 0 Å². The third-order valence-corrected chi connectivity index (χ3v) is 5.48. The van der Waals surface area contributed by atoms with E-state index in [2.05, 4.69) is 15.0 Å². The van der Waals surface area contributed by atoms with E-state index in [-0.39, 0.29) is 16.7 Å². The number of benzene rings is 1. The molecule has 0 aromatic heterocycles. The van der Waals surface area contributed by atoms with Crippen LogP contribution in [0.3, 0.4) is 0 Å². The molecular formula is C15H20N3O3S+. The highest BCUT2D eigenvalue weighted by Gasteiger charge is 2.27. The molecule has 0 radical (unpaired) electrons. The lowest BCUT2D eigenvalue weighted by Gasteiger charge is -2.24. The maximum absolute atomic E-state index is 12.3. The molecule has 3 N–H and O–H groups in total. The average molecular weight is 322 g/mol. The van der Waals surface area contributed by atoms with Gasteiger partial charge in [0.2, 0.25) is 5.91 Å². The number of nitrogens with one attached hydrogen (secondary N) is 3. The quantitative estimate of drug-likeness (QED) is 0.728. The van der Waals surface area contributed by atoms with Gasteiger partial charge in [0.05, 0.1) is 13.0 Å². The summed E-state index contributed by atoms with van der Waals surface area (Å²) in [4.78, 5) is 15.1. The molecule has 6 nitrogen and oxygen atoms in total. The van der Waals surface area contributed by atoms with Crippen molar-refractivity contribution in [3.8, 4) is 0 Å². The molecule has 3 rings (SSSR count). The molecule has 1 heterocycles. The number of carbonyl (C=O) groups is 1. The first-order valence-corrected chi connectivity index (χ1v) is 9.06. The topological polar surface area (TPSA) is 89.2 Å². The predicted octanol–water partition coefficient (Wildman–Crippen LogP) is -0.0236. The molecule has 1 fully saturated rings. The van der Waals surface area contributed by atoms with E-state index >= 15 is 0 Å². The highest BCUT2D eigenvalue weighted by Crippen LogP contribution is 2.27. The van der Waals surface area contributed by atoms with Gasteiger partial charge in [-0.3, -0.25) is 9.79 Å². The lowest BCUT2D eigenvalue weighted by molar-refractivity contribution is -0.448. The number of anilines is 1. The first kappa shape index (κ1) is 15.0. The van der Waals surface area contributed by atoms with Crippen LogP contribution in [0.1, 0.15) is 32.1 Å². The van der Waals surface area contributed by atoms with Crippen LogP contribution in [0, 0.1) is 5.92 Å². The molecule has 1 saturated carbocycles. The van der Waals surface area contributed by atoms with Gasteiger partial charge in [-0.05, 0) is 37.5 Å². The monoisotopic (exact) mass is 322 g/mol. The van der Waals surface area contributed by atoms with Crippen molar-refractivity contribution in [2.75, 3.05) is 11.9 Å². The van der Waals surface area contributed by atoms with Crippen molar-refractivity contribution in [1.82, 2.24) is 4.72 Å². The summed E-state index contributed by atoms with van der Waals surface area (Å²) in [7, 11) is -3.61. The van der Waals surface area contributed by atoms with Crippen LogP contribution in [0.15, 0.2) is 29.2 Å². The number of sulfonamides is 1. The van der Waals surface area contributed by atoms with Gasteiger partial charge in [0.15, 0.2) is 0 Å². The Morgan fingerprint density at radius 2 is 2.05 bits per heavy atom. The van der Waals surface area contributed by atoms with Crippen LogP contribution in [-0.2, 0) is 14.8 Å². The largest absolute Gasteiger partial charge is 0.328 e. The zero-order valence-corrected chi connectivity index (χ0v) is 13.1.